The molecule has 2 aliphatic carbocycles. The Balaban J connectivity index is 1.40. The lowest BCUT2D eigenvalue weighted by Gasteiger charge is -2.35. The van der Waals surface area contributed by atoms with Gasteiger partial charge in [0.1, 0.15) is 5.82 Å². The first kappa shape index (κ1) is 17.4. The zero-order chi connectivity index (χ0) is 19.1. The van der Waals surface area contributed by atoms with Crippen LogP contribution < -0.4 is 10.9 Å². The van der Waals surface area contributed by atoms with E-state index in [4.69, 9.17) is 0 Å². The maximum Gasteiger partial charge on any atom is 0.254 e. The van der Waals surface area contributed by atoms with Crippen molar-refractivity contribution in [1.82, 2.24) is 20.7 Å². The summed E-state index contributed by atoms with van der Waals surface area (Å²) in [5, 5.41) is 0. The van der Waals surface area contributed by atoms with Gasteiger partial charge in [0, 0.05) is 41.6 Å². The fourth-order valence-electron chi connectivity index (χ4n) is 4.33. The normalized spacial score (nSPS) is 21.2. The number of amides is 1. The number of hydrogen-bond donors (Lipinski definition) is 2. The first-order valence-corrected chi connectivity index (χ1v) is 9.94. The monoisotopic (exact) mass is 378 g/mol. The minimum Gasteiger partial charge on any atom is -0.332 e. The van der Waals surface area contributed by atoms with Crippen molar-refractivity contribution >= 4 is 5.91 Å². The van der Waals surface area contributed by atoms with Crippen LogP contribution in [0.25, 0.3) is 11.3 Å². The van der Waals surface area contributed by atoms with E-state index >= 15 is 0 Å². The molecule has 1 saturated carbocycles. The lowest BCUT2D eigenvalue weighted by Crippen LogP contribution is -2.43. The summed E-state index contributed by atoms with van der Waals surface area (Å²) in [4.78, 5) is 19.5. The molecule has 3 aliphatic rings. The van der Waals surface area contributed by atoms with Gasteiger partial charge in [-0.15, -0.1) is 0 Å². The van der Waals surface area contributed by atoms with Crippen LogP contribution in [-0.4, -0.2) is 34.4 Å². The molecule has 1 atom stereocenters. The van der Waals surface area contributed by atoms with E-state index in [1.165, 1.54) is 17.3 Å². The molecule has 1 aromatic carbocycles. The van der Waals surface area contributed by atoms with E-state index in [0.717, 1.165) is 38.6 Å². The Morgan fingerprint density at radius 1 is 1.14 bits per heavy atom. The summed E-state index contributed by atoms with van der Waals surface area (Å²) in [6.45, 7) is 0.839. The average Bonchev–Trinajstić information content (AvgIpc) is 3.44. The molecular formula is C22H23FN4O. The van der Waals surface area contributed by atoms with Gasteiger partial charge >= 0.3 is 0 Å². The Bertz CT molecular complexity index is 939. The van der Waals surface area contributed by atoms with E-state index in [-0.39, 0.29) is 11.9 Å². The molecule has 1 aliphatic heterocycles. The fourth-order valence-corrected chi connectivity index (χ4v) is 4.33. The van der Waals surface area contributed by atoms with E-state index in [1.54, 1.807) is 30.5 Å². The first-order chi connectivity index (χ1) is 13.7. The Hall–Kier alpha value is -2.73. The predicted molar refractivity (Wildman–Crippen MR) is 105 cm³/mol. The molecule has 6 heteroatoms. The minimum atomic E-state index is -0.405. The molecular weight excluding hydrogens is 355 g/mol. The van der Waals surface area contributed by atoms with Crippen molar-refractivity contribution in [3.63, 3.8) is 0 Å². The summed E-state index contributed by atoms with van der Waals surface area (Å²) < 4.78 is 14.8. The van der Waals surface area contributed by atoms with E-state index in [2.05, 4.69) is 15.8 Å². The lowest BCUT2D eigenvalue weighted by molar-refractivity contribution is 0.0643. The van der Waals surface area contributed by atoms with Crippen LogP contribution in [0.1, 0.15) is 42.5 Å². The van der Waals surface area contributed by atoms with Gasteiger partial charge in [0.2, 0.25) is 0 Å². The Labute approximate surface area is 163 Å². The van der Waals surface area contributed by atoms with Crippen molar-refractivity contribution in [1.29, 1.82) is 0 Å². The van der Waals surface area contributed by atoms with Crippen molar-refractivity contribution in [2.45, 2.75) is 44.2 Å². The Kier molecular flexibility index (Phi) is 4.36. The van der Waals surface area contributed by atoms with Crippen LogP contribution in [0.5, 0.6) is 0 Å². The van der Waals surface area contributed by atoms with E-state index in [0.29, 0.717) is 22.9 Å². The van der Waals surface area contributed by atoms with Crippen molar-refractivity contribution in [3.05, 3.63) is 65.2 Å². The van der Waals surface area contributed by atoms with E-state index < -0.39 is 5.82 Å². The molecule has 5 rings (SSSR count). The number of pyridine rings is 1. The number of hydrazine groups is 1. The predicted octanol–water partition coefficient (Wildman–Crippen LogP) is 3.41. The Morgan fingerprint density at radius 2 is 2.04 bits per heavy atom. The largest absolute Gasteiger partial charge is 0.332 e. The number of hydrogen-bond acceptors (Lipinski definition) is 4. The maximum atomic E-state index is 14.8. The molecule has 144 valence electrons. The topological polar surface area (TPSA) is 57.3 Å². The zero-order valence-electron chi connectivity index (χ0n) is 15.6. The van der Waals surface area contributed by atoms with Crippen molar-refractivity contribution in [2.24, 2.45) is 0 Å². The molecule has 0 spiro atoms. The summed E-state index contributed by atoms with van der Waals surface area (Å²) in [6, 6.07) is 10.7. The van der Waals surface area contributed by atoms with E-state index in [9.17, 15) is 9.18 Å². The van der Waals surface area contributed by atoms with Crippen LogP contribution in [0.15, 0.2) is 53.9 Å². The zero-order valence-corrected chi connectivity index (χ0v) is 15.6. The average molecular weight is 378 g/mol. The quantitative estimate of drug-likeness (QED) is 0.856. The summed E-state index contributed by atoms with van der Waals surface area (Å²) in [5.74, 6) is -0.458. The highest BCUT2D eigenvalue weighted by Crippen LogP contribution is 2.37. The second-order valence-corrected chi connectivity index (χ2v) is 7.81. The highest BCUT2D eigenvalue weighted by Gasteiger charge is 2.40. The fraction of sp³-hybridized carbons (Fsp3) is 0.364. The summed E-state index contributed by atoms with van der Waals surface area (Å²) in [5.41, 5.74) is 10.5. The van der Waals surface area contributed by atoms with Crippen molar-refractivity contribution in [3.8, 4) is 11.3 Å². The molecule has 0 radical (unpaired) electrons. The van der Waals surface area contributed by atoms with Gasteiger partial charge < -0.3 is 10.3 Å². The summed E-state index contributed by atoms with van der Waals surface area (Å²) in [7, 11) is 0. The van der Waals surface area contributed by atoms with E-state index in [1.807, 2.05) is 11.0 Å². The number of aromatic nitrogens is 1. The van der Waals surface area contributed by atoms with Crippen LogP contribution in [0.2, 0.25) is 0 Å². The van der Waals surface area contributed by atoms with Gasteiger partial charge in [-0.05, 0) is 68.0 Å². The third-order valence-corrected chi connectivity index (χ3v) is 5.90. The van der Waals surface area contributed by atoms with Crippen LogP contribution in [0.4, 0.5) is 4.39 Å². The lowest BCUT2D eigenvalue weighted by atomic mass is 9.91. The van der Waals surface area contributed by atoms with Gasteiger partial charge in [0.15, 0.2) is 0 Å². The van der Waals surface area contributed by atoms with Crippen LogP contribution in [0, 0.1) is 5.82 Å². The van der Waals surface area contributed by atoms with Crippen LogP contribution >= 0.6 is 0 Å². The number of carbonyl (C=O) groups excluding carboxylic acids is 1. The molecule has 1 fully saturated rings. The maximum absolute atomic E-state index is 14.8. The molecule has 2 aromatic rings. The van der Waals surface area contributed by atoms with Gasteiger partial charge in [-0.1, -0.05) is 6.07 Å². The highest BCUT2D eigenvalue weighted by atomic mass is 19.1. The summed E-state index contributed by atoms with van der Waals surface area (Å²) >= 11 is 0. The number of carbonyl (C=O) groups is 1. The highest BCUT2D eigenvalue weighted by molar-refractivity contribution is 5.95. The molecule has 5 nitrogen and oxygen atoms in total. The van der Waals surface area contributed by atoms with Gasteiger partial charge in [-0.2, -0.15) is 0 Å². The standard InChI is InChI=1S/C22H23FN4O/c23-19-12-14(4-8-18(19)21-3-1-2-10-24-21)22(28)27(16-5-6-16)17-7-9-20-15(11-17)13-25-26-20/h1-4,8,10,12,16-17,25-26H,5-7,9,11,13H2. The van der Waals surface area contributed by atoms with Crippen molar-refractivity contribution < 1.29 is 9.18 Å². The molecule has 0 saturated heterocycles. The van der Waals surface area contributed by atoms with Gasteiger partial charge in [-0.3, -0.25) is 9.78 Å². The third kappa shape index (κ3) is 3.18. The number of allylic oxidation sites excluding steroid dienone is 1. The SMILES string of the molecule is O=C(c1ccc(-c2ccccn2)c(F)c1)N(C1CC1)C1CCC2=C(CNN2)C1. The van der Waals surface area contributed by atoms with Gasteiger partial charge in [-0.25, -0.2) is 9.82 Å². The number of nitrogens with zero attached hydrogens (tertiary/aromatic N) is 2. The molecule has 1 aromatic heterocycles. The molecule has 1 amide bonds. The number of rotatable bonds is 4. The summed E-state index contributed by atoms with van der Waals surface area (Å²) in [6.07, 6.45) is 6.52. The van der Waals surface area contributed by atoms with Gasteiger partial charge in [0.05, 0.1) is 5.69 Å². The number of benzene rings is 1. The minimum absolute atomic E-state index is 0.0538. The van der Waals surface area contributed by atoms with Crippen LogP contribution in [0.3, 0.4) is 0 Å². The van der Waals surface area contributed by atoms with Gasteiger partial charge in [0.25, 0.3) is 5.91 Å². The first-order valence-electron chi connectivity index (χ1n) is 9.94. The Morgan fingerprint density at radius 3 is 2.79 bits per heavy atom. The van der Waals surface area contributed by atoms with Crippen LogP contribution in [-0.2, 0) is 0 Å². The molecule has 0 bridgehead atoms. The number of halogens is 1. The second kappa shape index (κ2) is 7.02. The number of nitrogens with one attached hydrogen (secondary N) is 2. The molecule has 28 heavy (non-hydrogen) atoms. The second-order valence-electron chi connectivity index (χ2n) is 7.81. The molecule has 2 N–H and O–H groups in total. The molecule has 2 heterocycles. The van der Waals surface area contributed by atoms with Crippen molar-refractivity contribution in [2.75, 3.05) is 6.54 Å². The smallest absolute Gasteiger partial charge is 0.254 e. The third-order valence-electron chi connectivity index (χ3n) is 5.90. The molecule has 1 unspecified atom stereocenters.